The Bertz CT molecular complexity index is 922. The highest BCUT2D eigenvalue weighted by Gasteiger charge is 2.45. The lowest BCUT2D eigenvalue weighted by molar-refractivity contribution is -0.160. The van der Waals surface area contributed by atoms with Gasteiger partial charge in [-0.15, -0.1) is 5.06 Å². The summed E-state index contributed by atoms with van der Waals surface area (Å²) in [4.78, 5) is 35.7. The third kappa shape index (κ3) is 4.03. The number of fused-ring (bicyclic) bond motifs is 1. The van der Waals surface area contributed by atoms with Gasteiger partial charge >= 0.3 is 6.09 Å². The number of nitrogens with two attached hydrogens (primary N) is 2. The highest BCUT2D eigenvalue weighted by molar-refractivity contribution is 5.93. The fourth-order valence-electron chi connectivity index (χ4n) is 3.05. The normalized spacial score (nSPS) is 24.7. The summed E-state index contributed by atoms with van der Waals surface area (Å²) < 4.78 is 11.8. The first-order chi connectivity index (χ1) is 14.3. The number of aromatic nitrogens is 4. The maximum atomic E-state index is 11.9. The van der Waals surface area contributed by atoms with Crippen LogP contribution in [0.2, 0.25) is 0 Å². The Hall–Kier alpha value is -2.91. The van der Waals surface area contributed by atoms with Gasteiger partial charge in [0.2, 0.25) is 0 Å². The van der Waals surface area contributed by atoms with Gasteiger partial charge in [-0.3, -0.25) is 14.6 Å². The van der Waals surface area contributed by atoms with Crippen LogP contribution in [0, 0.1) is 0 Å². The molecular weight excluding hydrogens is 402 g/mol. The molecule has 0 radical (unpaired) electrons. The molecule has 0 spiro atoms. The van der Waals surface area contributed by atoms with E-state index >= 15 is 0 Å². The van der Waals surface area contributed by atoms with Crippen LogP contribution in [0.1, 0.15) is 26.0 Å². The van der Waals surface area contributed by atoms with Crippen LogP contribution in [0.25, 0.3) is 11.2 Å². The van der Waals surface area contributed by atoms with Crippen LogP contribution in [0.15, 0.2) is 12.7 Å². The predicted octanol–water partition coefficient (Wildman–Crippen LogP) is -1.49. The van der Waals surface area contributed by atoms with E-state index in [4.69, 9.17) is 20.9 Å². The fourth-order valence-corrected chi connectivity index (χ4v) is 3.05. The molecule has 164 valence electrons. The molecule has 14 nitrogen and oxygen atoms in total. The number of ether oxygens (including phenoxy) is 2. The number of amides is 2. The van der Waals surface area contributed by atoms with Gasteiger partial charge in [-0.05, 0) is 6.42 Å². The molecule has 14 heteroatoms. The molecule has 3 rings (SSSR count). The van der Waals surface area contributed by atoms with Crippen molar-refractivity contribution in [3.05, 3.63) is 12.7 Å². The molecule has 0 unspecified atom stereocenters. The first-order valence-electron chi connectivity index (χ1n) is 9.16. The largest absolute Gasteiger partial charge is 0.445 e. The minimum atomic E-state index is -1.44. The van der Waals surface area contributed by atoms with Crippen LogP contribution in [-0.2, 0) is 14.3 Å². The van der Waals surface area contributed by atoms with E-state index in [-0.39, 0.29) is 28.5 Å². The first-order valence-corrected chi connectivity index (χ1v) is 9.16. The van der Waals surface area contributed by atoms with E-state index in [1.165, 1.54) is 17.2 Å². The van der Waals surface area contributed by atoms with Crippen LogP contribution < -0.4 is 11.5 Å². The molecule has 1 aliphatic rings. The lowest BCUT2D eigenvalue weighted by Crippen LogP contribution is -2.46. The Labute approximate surface area is 170 Å². The van der Waals surface area contributed by atoms with Crippen molar-refractivity contribution in [1.82, 2.24) is 24.6 Å². The zero-order valence-electron chi connectivity index (χ0n) is 16.0. The number of carbonyl (C=O) groups excluding carboxylic acids is 2. The second-order valence-corrected chi connectivity index (χ2v) is 6.75. The molecule has 1 aliphatic heterocycles. The summed E-state index contributed by atoms with van der Waals surface area (Å²) in [5.41, 5.74) is 11.9. The minimum absolute atomic E-state index is 0.131. The van der Waals surface area contributed by atoms with E-state index in [1.807, 2.05) is 0 Å². The van der Waals surface area contributed by atoms with E-state index in [0.29, 0.717) is 6.42 Å². The number of aliphatic hydroxyl groups excluding tert-OH is 2. The second-order valence-electron chi connectivity index (χ2n) is 6.75. The summed E-state index contributed by atoms with van der Waals surface area (Å²) in [5.74, 6) is -0.888. The van der Waals surface area contributed by atoms with Gasteiger partial charge < -0.3 is 31.2 Å². The van der Waals surface area contributed by atoms with Crippen LogP contribution in [0.3, 0.4) is 0 Å². The van der Waals surface area contributed by atoms with Crippen molar-refractivity contribution < 1.29 is 34.5 Å². The Morgan fingerprint density at radius 2 is 2.07 bits per heavy atom. The maximum absolute atomic E-state index is 11.9. The molecule has 1 fully saturated rings. The fraction of sp³-hybridized carbons (Fsp3) is 0.562. The van der Waals surface area contributed by atoms with Gasteiger partial charge in [-0.1, -0.05) is 13.3 Å². The number of anilines is 1. The number of aliphatic hydroxyl groups is 2. The van der Waals surface area contributed by atoms with E-state index < -0.39 is 49.2 Å². The Morgan fingerprint density at radius 1 is 1.33 bits per heavy atom. The summed E-state index contributed by atoms with van der Waals surface area (Å²) in [7, 11) is 0. The standard InChI is InChI=1S/C16H23N7O7/c1-2-3-7(17)14(26)23(28)16(27)29-4-8-10(24)11(25)15(30-8)22-6-21-9-12(18)19-5-20-13(9)22/h5-8,10-11,15,24-25,28H,2-4,17H2,1H3,(H2,18,19,20)/t7-,8+,10+,11+,15+/m0/s1. The van der Waals surface area contributed by atoms with Gasteiger partial charge in [0, 0.05) is 0 Å². The quantitative estimate of drug-likeness (QED) is 0.264. The van der Waals surface area contributed by atoms with Crippen molar-refractivity contribution in [2.45, 2.75) is 50.3 Å². The molecule has 0 aliphatic carbocycles. The molecule has 5 atom stereocenters. The van der Waals surface area contributed by atoms with Crippen molar-refractivity contribution in [2.75, 3.05) is 12.3 Å². The molecule has 0 saturated carbocycles. The number of imide groups is 1. The summed E-state index contributed by atoms with van der Waals surface area (Å²) in [6.45, 7) is 1.24. The van der Waals surface area contributed by atoms with E-state index in [2.05, 4.69) is 15.0 Å². The monoisotopic (exact) mass is 425 g/mol. The molecule has 0 bridgehead atoms. The number of carbonyl (C=O) groups is 2. The van der Waals surface area contributed by atoms with Gasteiger partial charge in [0.25, 0.3) is 5.91 Å². The zero-order chi connectivity index (χ0) is 22.0. The summed E-state index contributed by atoms with van der Waals surface area (Å²) in [5, 5.41) is 30.0. The lowest BCUT2D eigenvalue weighted by Gasteiger charge is -2.19. The van der Waals surface area contributed by atoms with Gasteiger partial charge in [0.1, 0.15) is 36.8 Å². The molecule has 30 heavy (non-hydrogen) atoms. The maximum Gasteiger partial charge on any atom is 0.441 e. The van der Waals surface area contributed by atoms with Crippen molar-refractivity contribution >= 4 is 29.0 Å². The van der Waals surface area contributed by atoms with Crippen LogP contribution in [0.4, 0.5) is 10.6 Å². The van der Waals surface area contributed by atoms with Crippen LogP contribution in [-0.4, -0.2) is 83.0 Å². The molecular formula is C16H23N7O7. The van der Waals surface area contributed by atoms with Crippen LogP contribution in [0.5, 0.6) is 0 Å². The first kappa shape index (κ1) is 21.8. The summed E-state index contributed by atoms with van der Waals surface area (Å²) >= 11 is 0. The van der Waals surface area contributed by atoms with E-state index in [1.54, 1.807) is 6.92 Å². The van der Waals surface area contributed by atoms with Crippen molar-refractivity contribution in [1.29, 1.82) is 0 Å². The molecule has 3 heterocycles. The Morgan fingerprint density at radius 3 is 2.77 bits per heavy atom. The highest BCUT2D eigenvalue weighted by atomic mass is 16.6. The van der Waals surface area contributed by atoms with Gasteiger partial charge in [0.15, 0.2) is 17.7 Å². The average molecular weight is 425 g/mol. The van der Waals surface area contributed by atoms with Gasteiger partial charge in [0.05, 0.1) is 12.4 Å². The third-order valence-electron chi connectivity index (χ3n) is 4.67. The molecule has 2 aromatic heterocycles. The smallest absolute Gasteiger partial charge is 0.441 e. The van der Waals surface area contributed by atoms with E-state index in [9.17, 15) is 25.0 Å². The number of imidazole rings is 1. The van der Waals surface area contributed by atoms with E-state index in [0.717, 1.165) is 0 Å². The SMILES string of the molecule is CCC[C@H](N)C(=O)N(O)C(=O)OC[C@H]1O[C@@H](n2cnc3c(N)ncnc32)[C@H](O)[C@@H]1O. The molecule has 2 amide bonds. The Balaban J connectivity index is 1.65. The van der Waals surface area contributed by atoms with Gasteiger partial charge in [-0.2, -0.15) is 0 Å². The second kappa shape index (κ2) is 8.85. The number of hydrogen-bond donors (Lipinski definition) is 5. The Kier molecular flexibility index (Phi) is 6.42. The van der Waals surface area contributed by atoms with Crippen molar-refractivity contribution in [3.8, 4) is 0 Å². The number of nitrogen functional groups attached to an aromatic ring is 1. The lowest BCUT2D eigenvalue weighted by atomic mass is 10.1. The molecule has 0 aromatic carbocycles. The molecule has 1 saturated heterocycles. The summed E-state index contributed by atoms with van der Waals surface area (Å²) in [6.07, 6.45) is -3.11. The summed E-state index contributed by atoms with van der Waals surface area (Å²) in [6, 6.07) is -1.06. The number of nitrogens with zero attached hydrogens (tertiary/aromatic N) is 5. The number of hydrogen-bond acceptors (Lipinski definition) is 12. The van der Waals surface area contributed by atoms with Crippen LogP contribution >= 0.6 is 0 Å². The topological polar surface area (TPSA) is 212 Å². The zero-order valence-corrected chi connectivity index (χ0v) is 16.0. The average Bonchev–Trinajstić information content (AvgIpc) is 3.28. The number of rotatable bonds is 6. The molecule has 7 N–H and O–H groups in total. The number of hydroxylamine groups is 2. The highest BCUT2D eigenvalue weighted by Crippen LogP contribution is 2.32. The predicted molar refractivity (Wildman–Crippen MR) is 98.5 cm³/mol. The van der Waals surface area contributed by atoms with Crippen molar-refractivity contribution in [2.24, 2.45) is 5.73 Å². The molecule has 2 aromatic rings. The van der Waals surface area contributed by atoms with Gasteiger partial charge in [-0.25, -0.2) is 19.7 Å². The minimum Gasteiger partial charge on any atom is -0.445 e. The third-order valence-corrected chi connectivity index (χ3v) is 4.67. The van der Waals surface area contributed by atoms with Crippen molar-refractivity contribution in [3.63, 3.8) is 0 Å².